The second-order valence-corrected chi connectivity index (χ2v) is 7.90. The second kappa shape index (κ2) is 12.5. The summed E-state index contributed by atoms with van der Waals surface area (Å²) in [5, 5.41) is 8.64. The van der Waals surface area contributed by atoms with Gasteiger partial charge < -0.3 is 5.11 Å². The fourth-order valence-corrected chi connectivity index (χ4v) is 4.10. The lowest BCUT2D eigenvalue weighted by atomic mass is 9.84. The van der Waals surface area contributed by atoms with Gasteiger partial charge >= 0.3 is 5.97 Å². The van der Waals surface area contributed by atoms with E-state index in [2.05, 4.69) is 13.8 Å². The molecule has 0 aromatic rings. The number of hydrogen-bond donors (Lipinski definition) is 1. The summed E-state index contributed by atoms with van der Waals surface area (Å²) in [5.74, 6) is 1.50. The third-order valence-corrected chi connectivity index (χ3v) is 5.73. The van der Waals surface area contributed by atoms with E-state index in [4.69, 9.17) is 5.11 Å². The van der Waals surface area contributed by atoms with E-state index in [1.54, 1.807) is 0 Å². The highest BCUT2D eigenvalue weighted by molar-refractivity contribution is 5.83. The highest BCUT2D eigenvalue weighted by Crippen LogP contribution is 2.37. The van der Waals surface area contributed by atoms with Crippen LogP contribution in [0.15, 0.2) is 0 Å². The van der Waals surface area contributed by atoms with Gasteiger partial charge in [-0.25, -0.2) is 0 Å². The van der Waals surface area contributed by atoms with Gasteiger partial charge in [-0.1, -0.05) is 65.2 Å². The molecule has 1 aliphatic carbocycles. The van der Waals surface area contributed by atoms with Gasteiger partial charge in [-0.3, -0.25) is 9.59 Å². The van der Waals surface area contributed by atoms with Crippen molar-refractivity contribution in [1.29, 1.82) is 0 Å². The number of rotatable bonds is 14. The molecule has 1 N–H and O–H groups in total. The van der Waals surface area contributed by atoms with Crippen molar-refractivity contribution in [2.75, 3.05) is 0 Å². The zero-order valence-electron chi connectivity index (χ0n) is 15.9. The first-order chi connectivity index (χ1) is 11.5. The monoisotopic (exact) mass is 338 g/mol. The Balaban J connectivity index is 2.19. The van der Waals surface area contributed by atoms with Crippen molar-refractivity contribution < 1.29 is 14.7 Å². The molecule has 3 atom stereocenters. The van der Waals surface area contributed by atoms with E-state index in [1.807, 2.05) is 0 Å². The molecule has 24 heavy (non-hydrogen) atoms. The number of ketones is 1. The minimum absolute atomic E-state index is 0.279. The SMILES string of the molecule is CCCCC[C@H](C)CC[C@H]1CCC(=O)[C@@H]1CCCCCCC(=O)O. The largest absolute Gasteiger partial charge is 0.481 e. The van der Waals surface area contributed by atoms with Crippen molar-refractivity contribution in [3.8, 4) is 0 Å². The molecule has 0 heterocycles. The summed E-state index contributed by atoms with van der Waals surface area (Å²) in [5.41, 5.74) is 0. The van der Waals surface area contributed by atoms with Crippen LogP contribution in [0.4, 0.5) is 0 Å². The predicted octanol–water partition coefficient (Wildman–Crippen LogP) is 6.00. The summed E-state index contributed by atoms with van der Waals surface area (Å²) in [6.07, 6.45) is 14.9. The minimum atomic E-state index is -0.700. The summed E-state index contributed by atoms with van der Waals surface area (Å²) in [6.45, 7) is 4.62. The van der Waals surface area contributed by atoms with Crippen LogP contribution in [0.2, 0.25) is 0 Å². The zero-order valence-corrected chi connectivity index (χ0v) is 15.9. The Morgan fingerprint density at radius 1 is 1.08 bits per heavy atom. The molecule has 0 aromatic heterocycles. The Morgan fingerprint density at radius 2 is 1.83 bits per heavy atom. The molecule has 0 aromatic carbocycles. The summed E-state index contributed by atoms with van der Waals surface area (Å²) in [4.78, 5) is 22.7. The lowest BCUT2D eigenvalue weighted by Crippen LogP contribution is -2.15. The van der Waals surface area contributed by atoms with Gasteiger partial charge in [0.2, 0.25) is 0 Å². The fourth-order valence-electron chi connectivity index (χ4n) is 4.10. The number of unbranched alkanes of at least 4 members (excludes halogenated alkanes) is 5. The van der Waals surface area contributed by atoms with Crippen molar-refractivity contribution in [3.05, 3.63) is 0 Å². The van der Waals surface area contributed by atoms with E-state index in [0.29, 0.717) is 17.6 Å². The molecular formula is C21H38O3. The van der Waals surface area contributed by atoms with Gasteiger partial charge in [0.1, 0.15) is 5.78 Å². The molecule has 3 heteroatoms. The third-order valence-electron chi connectivity index (χ3n) is 5.73. The Morgan fingerprint density at radius 3 is 2.54 bits per heavy atom. The van der Waals surface area contributed by atoms with Crippen LogP contribution in [0.25, 0.3) is 0 Å². The van der Waals surface area contributed by atoms with E-state index < -0.39 is 5.97 Å². The Hall–Kier alpha value is -0.860. The average Bonchev–Trinajstić information content (AvgIpc) is 2.89. The first kappa shape index (κ1) is 21.2. The van der Waals surface area contributed by atoms with Crippen LogP contribution in [-0.2, 0) is 9.59 Å². The minimum Gasteiger partial charge on any atom is -0.481 e. The topological polar surface area (TPSA) is 54.4 Å². The summed E-state index contributed by atoms with van der Waals surface area (Å²) < 4.78 is 0. The third kappa shape index (κ3) is 8.84. The van der Waals surface area contributed by atoms with E-state index in [0.717, 1.165) is 50.9 Å². The van der Waals surface area contributed by atoms with Crippen LogP contribution >= 0.6 is 0 Å². The molecule has 3 nitrogen and oxygen atoms in total. The van der Waals surface area contributed by atoms with E-state index in [-0.39, 0.29) is 6.42 Å². The standard InChI is InChI=1S/C21H38O3/c1-3-4-7-10-17(2)13-14-18-15-16-20(22)19(18)11-8-5-6-9-12-21(23)24/h17-19H,3-16H2,1-2H3,(H,23,24)/t17-,18-,19+/m0/s1. The normalized spacial score (nSPS) is 22.0. The van der Waals surface area contributed by atoms with Crippen molar-refractivity contribution in [1.82, 2.24) is 0 Å². The number of aliphatic carboxylic acids is 1. The summed E-state index contributed by atoms with van der Waals surface area (Å²) in [6, 6.07) is 0. The highest BCUT2D eigenvalue weighted by atomic mass is 16.4. The molecule has 0 radical (unpaired) electrons. The fraction of sp³-hybridized carbons (Fsp3) is 0.905. The maximum Gasteiger partial charge on any atom is 0.303 e. The molecule has 0 saturated heterocycles. The van der Waals surface area contributed by atoms with Crippen LogP contribution in [0.5, 0.6) is 0 Å². The van der Waals surface area contributed by atoms with E-state index in [1.165, 1.54) is 38.5 Å². The Bertz CT molecular complexity index is 364. The number of Topliss-reactive ketones (excluding diaryl/α,β-unsaturated/α-hetero) is 1. The number of carbonyl (C=O) groups excluding carboxylic acids is 1. The lowest BCUT2D eigenvalue weighted by Gasteiger charge is -2.20. The molecule has 1 fully saturated rings. The average molecular weight is 339 g/mol. The maximum atomic E-state index is 12.2. The highest BCUT2D eigenvalue weighted by Gasteiger charge is 2.33. The predicted molar refractivity (Wildman–Crippen MR) is 99.1 cm³/mol. The van der Waals surface area contributed by atoms with Crippen LogP contribution in [0.3, 0.4) is 0 Å². The first-order valence-electron chi connectivity index (χ1n) is 10.3. The van der Waals surface area contributed by atoms with Crippen molar-refractivity contribution in [3.63, 3.8) is 0 Å². The van der Waals surface area contributed by atoms with Gasteiger partial charge in [0, 0.05) is 18.8 Å². The van der Waals surface area contributed by atoms with Gasteiger partial charge in [0.25, 0.3) is 0 Å². The maximum absolute atomic E-state index is 12.2. The molecule has 1 aliphatic rings. The molecule has 140 valence electrons. The summed E-state index contributed by atoms with van der Waals surface area (Å²) in [7, 11) is 0. The zero-order chi connectivity index (χ0) is 17.8. The van der Waals surface area contributed by atoms with Crippen molar-refractivity contribution in [2.24, 2.45) is 17.8 Å². The molecule has 0 spiro atoms. The Kier molecular flexibility index (Phi) is 11.0. The molecular weight excluding hydrogens is 300 g/mol. The van der Waals surface area contributed by atoms with Crippen LogP contribution in [-0.4, -0.2) is 16.9 Å². The van der Waals surface area contributed by atoms with Gasteiger partial charge in [-0.15, -0.1) is 0 Å². The van der Waals surface area contributed by atoms with Crippen LogP contribution in [0, 0.1) is 17.8 Å². The lowest BCUT2D eigenvalue weighted by molar-refractivity contribution is -0.137. The molecule has 1 saturated carbocycles. The summed E-state index contributed by atoms with van der Waals surface area (Å²) >= 11 is 0. The van der Waals surface area contributed by atoms with Gasteiger partial charge in [0.15, 0.2) is 0 Å². The van der Waals surface area contributed by atoms with Crippen LogP contribution < -0.4 is 0 Å². The molecule has 0 bridgehead atoms. The van der Waals surface area contributed by atoms with Crippen molar-refractivity contribution >= 4 is 11.8 Å². The second-order valence-electron chi connectivity index (χ2n) is 7.90. The molecule has 0 amide bonds. The smallest absolute Gasteiger partial charge is 0.303 e. The van der Waals surface area contributed by atoms with Gasteiger partial charge in [0.05, 0.1) is 0 Å². The number of carboxylic acid groups (broad SMARTS) is 1. The van der Waals surface area contributed by atoms with E-state index in [9.17, 15) is 9.59 Å². The number of carboxylic acids is 1. The number of hydrogen-bond acceptors (Lipinski definition) is 2. The molecule has 0 unspecified atom stereocenters. The molecule has 0 aliphatic heterocycles. The van der Waals surface area contributed by atoms with E-state index >= 15 is 0 Å². The van der Waals surface area contributed by atoms with Gasteiger partial charge in [-0.05, 0) is 37.5 Å². The van der Waals surface area contributed by atoms with Crippen molar-refractivity contribution in [2.45, 2.75) is 104 Å². The molecule has 1 rings (SSSR count). The number of carbonyl (C=O) groups is 2. The van der Waals surface area contributed by atoms with Crippen LogP contribution in [0.1, 0.15) is 104 Å². The quantitative estimate of drug-likeness (QED) is 0.395. The first-order valence-corrected chi connectivity index (χ1v) is 10.3. The Labute approximate surface area is 148 Å². The van der Waals surface area contributed by atoms with Gasteiger partial charge in [-0.2, -0.15) is 0 Å².